The number of benzene rings is 3. The normalized spacial score (nSPS) is 15.9. The molecule has 3 aromatic carbocycles. The number of rotatable bonds is 3. The van der Waals surface area contributed by atoms with Crippen molar-refractivity contribution >= 4 is 58.0 Å². The number of amides is 2. The maximum absolute atomic E-state index is 13.3. The topological polar surface area (TPSA) is 40.6 Å². The fourth-order valence-electron chi connectivity index (χ4n) is 3.56. The molecule has 1 atom stereocenters. The van der Waals surface area contributed by atoms with Crippen molar-refractivity contribution in [3.63, 3.8) is 0 Å². The van der Waals surface area contributed by atoms with Gasteiger partial charge in [0.15, 0.2) is 0 Å². The highest BCUT2D eigenvalue weighted by Crippen LogP contribution is 2.38. The van der Waals surface area contributed by atoms with Gasteiger partial charge in [0.2, 0.25) is 5.91 Å². The number of carbonyl (C=O) groups is 2. The summed E-state index contributed by atoms with van der Waals surface area (Å²) in [6, 6.07) is 18.6. The van der Waals surface area contributed by atoms with Crippen LogP contribution in [0, 0.1) is 0 Å². The second-order valence-electron chi connectivity index (χ2n) is 7.02. The van der Waals surface area contributed by atoms with E-state index in [1.54, 1.807) is 48.2 Å². The number of nitrogens with zero attached hydrogens (tertiary/aromatic N) is 2. The van der Waals surface area contributed by atoms with E-state index in [0.717, 1.165) is 5.56 Å². The molecule has 7 heteroatoms. The van der Waals surface area contributed by atoms with E-state index in [9.17, 15) is 9.59 Å². The van der Waals surface area contributed by atoms with Gasteiger partial charge in [-0.05, 0) is 61.0 Å². The van der Waals surface area contributed by atoms with Gasteiger partial charge in [-0.15, -0.1) is 0 Å². The summed E-state index contributed by atoms with van der Waals surface area (Å²) < 4.78 is 0. The third-order valence-electron chi connectivity index (χ3n) is 5.08. The number of anilines is 2. The van der Waals surface area contributed by atoms with Crippen LogP contribution in [0.2, 0.25) is 15.1 Å². The molecule has 4 rings (SSSR count). The average Bonchev–Trinajstić information content (AvgIpc) is 2.74. The Kier molecular flexibility index (Phi) is 5.74. The second-order valence-corrected chi connectivity index (χ2v) is 8.27. The van der Waals surface area contributed by atoms with Gasteiger partial charge in [0.25, 0.3) is 5.91 Å². The molecule has 0 bridgehead atoms. The maximum Gasteiger partial charge on any atom is 0.259 e. The van der Waals surface area contributed by atoms with Crippen LogP contribution in [0.5, 0.6) is 0 Å². The Balaban J connectivity index is 1.73. The summed E-state index contributed by atoms with van der Waals surface area (Å²) in [4.78, 5) is 29.8. The minimum atomic E-state index is -0.675. The predicted octanol–water partition coefficient (Wildman–Crippen LogP) is 6.23. The maximum atomic E-state index is 13.3. The van der Waals surface area contributed by atoms with Gasteiger partial charge in [-0.1, -0.05) is 53.0 Å². The standard InChI is InChI=1S/C23H17Cl3N2O2/c1-14-22(29)27(13-15-6-11-18(25)19(26)12-15)20-4-2-3-5-21(20)28(14)23(30)16-7-9-17(24)10-8-16/h2-12,14H,13H2,1H3/t14-/m0/s1. The van der Waals surface area contributed by atoms with Crippen LogP contribution in [-0.4, -0.2) is 17.9 Å². The largest absolute Gasteiger partial charge is 0.304 e. The third-order valence-corrected chi connectivity index (χ3v) is 6.07. The molecule has 0 N–H and O–H groups in total. The fraction of sp³-hybridized carbons (Fsp3) is 0.130. The lowest BCUT2D eigenvalue weighted by Gasteiger charge is -2.40. The van der Waals surface area contributed by atoms with Crippen LogP contribution in [0.15, 0.2) is 66.7 Å². The zero-order valence-corrected chi connectivity index (χ0v) is 18.2. The Morgan fingerprint density at radius 2 is 1.57 bits per heavy atom. The molecule has 0 fully saturated rings. The Morgan fingerprint density at radius 1 is 0.900 bits per heavy atom. The summed E-state index contributed by atoms with van der Waals surface area (Å²) >= 11 is 18.1. The van der Waals surface area contributed by atoms with Crippen molar-refractivity contribution in [2.24, 2.45) is 0 Å². The number of carbonyl (C=O) groups excluding carboxylic acids is 2. The first kappa shape index (κ1) is 20.7. The highest BCUT2D eigenvalue weighted by Gasteiger charge is 2.38. The third kappa shape index (κ3) is 3.79. The van der Waals surface area contributed by atoms with Crippen LogP contribution < -0.4 is 9.80 Å². The monoisotopic (exact) mass is 458 g/mol. The molecule has 3 aromatic rings. The van der Waals surface area contributed by atoms with Crippen molar-refractivity contribution in [1.82, 2.24) is 0 Å². The lowest BCUT2D eigenvalue weighted by Crippen LogP contribution is -2.54. The van der Waals surface area contributed by atoms with Gasteiger partial charge in [-0.3, -0.25) is 14.5 Å². The fourth-order valence-corrected chi connectivity index (χ4v) is 4.01. The molecule has 0 saturated carbocycles. The average molecular weight is 460 g/mol. The molecule has 0 radical (unpaired) electrons. The van der Waals surface area contributed by atoms with E-state index in [0.29, 0.717) is 38.6 Å². The molecular formula is C23H17Cl3N2O2. The Labute approximate surface area is 189 Å². The number of fused-ring (bicyclic) bond motifs is 1. The van der Waals surface area contributed by atoms with Gasteiger partial charge in [-0.2, -0.15) is 0 Å². The molecule has 1 heterocycles. The van der Waals surface area contributed by atoms with E-state index in [1.165, 1.54) is 4.90 Å². The van der Waals surface area contributed by atoms with Crippen LogP contribution in [0.3, 0.4) is 0 Å². The van der Waals surface area contributed by atoms with Crippen LogP contribution in [0.1, 0.15) is 22.8 Å². The summed E-state index contributed by atoms with van der Waals surface area (Å²) in [5, 5.41) is 1.43. The van der Waals surface area contributed by atoms with Gasteiger partial charge >= 0.3 is 0 Å². The van der Waals surface area contributed by atoms with E-state index >= 15 is 0 Å². The first-order valence-electron chi connectivity index (χ1n) is 9.30. The van der Waals surface area contributed by atoms with Gasteiger partial charge in [0, 0.05) is 10.6 Å². The summed E-state index contributed by atoms with van der Waals surface area (Å²) in [6.45, 7) is 2.05. The zero-order chi connectivity index (χ0) is 21.4. The Morgan fingerprint density at radius 3 is 2.23 bits per heavy atom. The van der Waals surface area contributed by atoms with Crippen LogP contribution in [0.25, 0.3) is 0 Å². The van der Waals surface area contributed by atoms with E-state index in [4.69, 9.17) is 34.8 Å². The summed E-state index contributed by atoms with van der Waals surface area (Å²) in [5.74, 6) is -0.434. The Bertz CT molecular complexity index is 1130. The van der Waals surface area contributed by atoms with Gasteiger partial charge in [0.1, 0.15) is 6.04 Å². The number of halogens is 3. The lowest BCUT2D eigenvalue weighted by molar-refractivity contribution is -0.119. The molecule has 152 valence electrons. The minimum Gasteiger partial charge on any atom is -0.304 e. The quantitative estimate of drug-likeness (QED) is 0.466. The van der Waals surface area contributed by atoms with E-state index in [2.05, 4.69) is 0 Å². The first-order chi connectivity index (χ1) is 14.4. The number of hydrogen-bond donors (Lipinski definition) is 0. The van der Waals surface area contributed by atoms with Gasteiger partial charge in [0.05, 0.1) is 28.0 Å². The molecule has 0 spiro atoms. The molecule has 0 saturated heterocycles. The lowest BCUT2D eigenvalue weighted by atomic mass is 10.0. The van der Waals surface area contributed by atoms with Gasteiger partial charge in [-0.25, -0.2) is 0 Å². The second kappa shape index (κ2) is 8.31. The van der Waals surface area contributed by atoms with E-state index in [1.807, 2.05) is 30.3 Å². The highest BCUT2D eigenvalue weighted by atomic mass is 35.5. The molecule has 2 amide bonds. The van der Waals surface area contributed by atoms with E-state index in [-0.39, 0.29) is 11.8 Å². The number of hydrogen-bond acceptors (Lipinski definition) is 2. The van der Waals surface area contributed by atoms with Crippen LogP contribution >= 0.6 is 34.8 Å². The smallest absolute Gasteiger partial charge is 0.259 e. The van der Waals surface area contributed by atoms with Crippen molar-refractivity contribution < 1.29 is 9.59 Å². The molecule has 0 unspecified atom stereocenters. The van der Waals surface area contributed by atoms with Crippen molar-refractivity contribution in [1.29, 1.82) is 0 Å². The molecule has 1 aliphatic rings. The molecular weight excluding hydrogens is 443 g/mol. The predicted molar refractivity (Wildman–Crippen MR) is 122 cm³/mol. The first-order valence-corrected chi connectivity index (χ1v) is 10.4. The summed E-state index contributed by atoms with van der Waals surface area (Å²) in [6.07, 6.45) is 0. The summed E-state index contributed by atoms with van der Waals surface area (Å²) in [7, 11) is 0. The molecule has 30 heavy (non-hydrogen) atoms. The molecule has 0 aromatic heterocycles. The zero-order valence-electron chi connectivity index (χ0n) is 16.0. The summed E-state index contributed by atoms with van der Waals surface area (Å²) in [5.41, 5.74) is 2.64. The van der Waals surface area contributed by atoms with Crippen molar-refractivity contribution in [2.75, 3.05) is 9.80 Å². The SMILES string of the molecule is C[C@H]1C(=O)N(Cc2ccc(Cl)c(Cl)c2)c2ccccc2N1C(=O)c1ccc(Cl)cc1. The van der Waals surface area contributed by atoms with Crippen molar-refractivity contribution in [2.45, 2.75) is 19.5 Å². The van der Waals surface area contributed by atoms with E-state index < -0.39 is 6.04 Å². The highest BCUT2D eigenvalue weighted by molar-refractivity contribution is 6.42. The number of para-hydroxylation sites is 2. The molecule has 4 nitrogen and oxygen atoms in total. The van der Waals surface area contributed by atoms with Crippen molar-refractivity contribution in [3.05, 3.63) is 92.9 Å². The minimum absolute atomic E-state index is 0.179. The van der Waals surface area contributed by atoms with Crippen molar-refractivity contribution in [3.8, 4) is 0 Å². The van der Waals surface area contributed by atoms with Crippen LogP contribution in [-0.2, 0) is 11.3 Å². The van der Waals surface area contributed by atoms with Crippen LogP contribution in [0.4, 0.5) is 11.4 Å². The molecule has 0 aliphatic carbocycles. The molecule has 1 aliphatic heterocycles. The van der Waals surface area contributed by atoms with Gasteiger partial charge < -0.3 is 4.90 Å². The Hall–Kier alpha value is -2.53.